The van der Waals surface area contributed by atoms with E-state index in [1.54, 1.807) is 17.5 Å². The van der Waals surface area contributed by atoms with Crippen LogP contribution in [0.2, 0.25) is 0 Å². The third kappa shape index (κ3) is 2.63. The molecule has 0 bridgehead atoms. The molecule has 0 fully saturated rings. The maximum Gasteiger partial charge on any atom is 0.143 e. The summed E-state index contributed by atoms with van der Waals surface area (Å²) in [4.78, 5) is 10.2. The van der Waals surface area contributed by atoms with Crippen LogP contribution in [0.1, 0.15) is 31.3 Å². The highest BCUT2D eigenvalue weighted by Gasteiger charge is 2.23. The quantitative estimate of drug-likeness (QED) is 0.915. The maximum atomic E-state index is 5.82. The van der Waals surface area contributed by atoms with Gasteiger partial charge < -0.3 is 5.73 Å². The van der Waals surface area contributed by atoms with Crippen LogP contribution in [-0.2, 0) is 12.0 Å². The topological polar surface area (TPSA) is 51.8 Å². The number of thiazole rings is 1. The van der Waals surface area contributed by atoms with Gasteiger partial charge in [0.25, 0.3) is 0 Å². The second kappa shape index (κ2) is 5.07. The van der Waals surface area contributed by atoms with E-state index in [1.165, 1.54) is 0 Å². The predicted octanol–water partition coefficient (Wildman–Crippen LogP) is 3.72. The molecular weight excluding hydrogens is 310 g/mol. The zero-order chi connectivity index (χ0) is 13.3. The molecule has 0 amide bonds. The van der Waals surface area contributed by atoms with Crippen LogP contribution in [0, 0.1) is 0 Å². The molecule has 0 atom stereocenters. The van der Waals surface area contributed by atoms with Crippen molar-refractivity contribution in [1.29, 1.82) is 0 Å². The standard InChI is InChI=1S/C13H16BrN3S/c1-13(2,3)11-9(7-15)18-12(17-11)10-8(14)5-4-6-16-10/h4-6H,7,15H2,1-3H3. The first-order valence-corrected chi connectivity index (χ1v) is 7.35. The van der Waals surface area contributed by atoms with Crippen molar-refractivity contribution in [2.75, 3.05) is 0 Å². The van der Waals surface area contributed by atoms with Crippen LogP contribution in [-0.4, -0.2) is 9.97 Å². The van der Waals surface area contributed by atoms with Gasteiger partial charge in [0.15, 0.2) is 0 Å². The Hall–Kier alpha value is -0.780. The Morgan fingerprint density at radius 3 is 2.61 bits per heavy atom. The normalized spacial score (nSPS) is 11.8. The molecule has 2 N–H and O–H groups in total. The third-order valence-electron chi connectivity index (χ3n) is 2.55. The van der Waals surface area contributed by atoms with Crippen molar-refractivity contribution in [1.82, 2.24) is 9.97 Å². The fourth-order valence-corrected chi connectivity index (χ4v) is 3.46. The van der Waals surface area contributed by atoms with E-state index in [1.807, 2.05) is 12.1 Å². The van der Waals surface area contributed by atoms with Crippen molar-refractivity contribution >= 4 is 27.3 Å². The van der Waals surface area contributed by atoms with Crippen molar-refractivity contribution in [3.05, 3.63) is 33.4 Å². The molecular formula is C13H16BrN3S. The number of nitrogens with zero attached hydrogens (tertiary/aromatic N) is 2. The first-order valence-electron chi connectivity index (χ1n) is 5.74. The predicted molar refractivity (Wildman–Crippen MR) is 79.6 cm³/mol. The number of pyridine rings is 1. The summed E-state index contributed by atoms with van der Waals surface area (Å²) in [6.07, 6.45) is 1.78. The highest BCUT2D eigenvalue weighted by Crippen LogP contribution is 2.35. The molecule has 18 heavy (non-hydrogen) atoms. The van der Waals surface area contributed by atoms with Crippen LogP contribution in [0.3, 0.4) is 0 Å². The molecule has 5 heteroatoms. The van der Waals surface area contributed by atoms with Gasteiger partial charge in [0, 0.05) is 27.5 Å². The fraction of sp³-hybridized carbons (Fsp3) is 0.385. The molecule has 0 radical (unpaired) electrons. The summed E-state index contributed by atoms with van der Waals surface area (Å²) in [5.74, 6) is 0. The summed E-state index contributed by atoms with van der Waals surface area (Å²) in [6.45, 7) is 6.98. The average Bonchev–Trinajstić information content (AvgIpc) is 2.73. The lowest BCUT2D eigenvalue weighted by atomic mass is 9.91. The van der Waals surface area contributed by atoms with Crippen molar-refractivity contribution in [3.8, 4) is 10.7 Å². The largest absolute Gasteiger partial charge is 0.326 e. The Morgan fingerprint density at radius 2 is 2.11 bits per heavy atom. The van der Waals surface area contributed by atoms with Crippen LogP contribution in [0.15, 0.2) is 22.8 Å². The molecule has 2 heterocycles. The number of hydrogen-bond donors (Lipinski definition) is 1. The lowest BCUT2D eigenvalue weighted by Gasteiger charge is -2.16. The minimum atomic E-state index is 0.00467. The molecule has 0 aliphatic rings. The van der Waals surface area contributed by atoms with E-state index in [0.29, 0.717) is 6.54 Å². The minimum Gasteiger partial charge on any atom is -0.326 e. The maximum absolute atomic E-state index is 5.82. The van der Waals surface area contributed by atoms with E-state index >= 15 is 0 Å². The Bertz CT molecular complexity index is 558. The van der Waals surface area contributed by atoms with Gasteiger partial charge in [0.2, 0.25) is 0 Å². The summed E-state index contributed by atoms with van der Waals surface area (Å²) < 4.78 is 0.961. The van der Waals surface area contributed by atoms with Crippen molar-refractivity contribution < 1.29 is 0 Å². The summed E-state index contributed by atoms with van der Waals surface area (Å²) in [5, 5.41) is 0.924. The second-order valence-electron chi connectivity index (χ2n) is 5.08. The van der Waals surface area contributed by atoms with Gasteiger partial charge in [-0.3, -0.25) is 4.98 Å². The van der Waals surface area contributed by atoms with Crippen LogP contribution in [0.5, 0.6) is 0 Å². The fourth-order valence-electron chi connectivity index (χ4n) is 1.72. The number of halogens is 1. The highest BCUT2D eigenvalue weighted by molar-refractivity contribution is 9.10. The first-order chi connectivity index (χ1) is 8.43. The molecule has 2 aromatic heterocycles. The lowest BCUT2D eigenvalue weighted by Crippen LogP contribution is -2.15. The molecule has 0 aromatic carbocycles. The second-order valence-corrected chi connectivity index (χ2v) is 7.02. The van der Waals surface area contributed by atoms with Gasteiger partial charge in [0.05, 0.1) is 5.69 Å². The average molecular weight is 326 g/mol. The molecule has 0 saturated heterocycles. The smallest absolute Gasteiger partial charge is 0.143 e. The molecule has 3 nitrogen and oxygen atoms in total. The van der Waals surface area contributed by atoms with Crippen LogP contribution < -0.4 is 5.73 Å². The molecule has 96 valence electrons. The Balaban J connectivity index is 2.55. The van der Waals surface area contributed by atoms with Gasteiger partial charge in [-0.05, 0) is 28.1 Å². The van der Waals surface area contributed by atoms with Gasteiger partial charge >= 0.3 is 0 Å². The minimum absolute atomic E-state index is 0.00467. The van der Waals surface area contributed by atoms with Crippen LogP contribution >= 0.6 is 27.3 Å². The number of rotatable bonds is 2. The Morgan fingerprint density at radius 1 is 1.39 bits per heavy atom. The van der Waals surface area contributed by atoms with Crippen molar-refractivity contribution in [2.45, 2.75) is 32.7 Å². The summed E-state index contributed by atoms with van der Waals surface area (Å²) in [7, 11) is 0. The highest BCUT2D eigenvalue weighted by atomic mass is 79.9. The molecule has 2 rings (SSSR count). The van der Waals surface area contributed by atoms with Gasteiger partial charge in [0.1, 0.15) is 10.7 Å². The molecule has 0 aliphatic carbocycles. The zero-order valence-electron chi connectivity index (χ0n) is 10.7. The number of hydrogen-bond acceptors (Lipinski definition) is 4. The molecule has 0 unspecified atom stereocenters. The first kappa shape index (κ1) is 13.6. The van der Waals surface area contributed by atoms with Gasteiger partial charge in [-0.1, -0.05) is 20.8 Å². The zero-order valence-corrected chi connectivity index (χ0v) is 13.1. The van der Waals surface area contributed by atoms with Gasteiger partial charge in [-0.15, -0.1) is 11.3 Å². The van der Waals surface area contributed by atoms with E-state index in [9.17, 15) is 0 Å². The molecule has 0 spiro atoms. The van der Waals surface area contributed by atoms with Crippen molar-refractivity contribution in [2.24, 2.45) is 5.73 Å². The number of nitrogens with two attached hydrogens (primary N) is 1. The van der Waals surface area contributed by atoms with E-state index in [0.717, 1.165) is 25.7 Å². The third-order valence-corrected chi connectivity index (χ3v) is 4.28. The van der Waals surface area contributed by atoms with Crippen molar-refractivity contribution in [3.63, 3.8) is 0 Å². The monoisotopic (exact) mass is 325 g/mol. The summed E-state index contributed by atoms with van der Waals surface area (Å²) in [5.41, 5.74) is 7.77. The SMILES string of the molecule is CC(C)(C)c1nc(-c2ncccc2Br)sc1CN. The Kier molecular flexibility index (Phi) is 3.84. The molecule has 2 aromatic rings. The van der Waals surface area contributed by atoms with Gasteiger partial charge in [-0.2, -0.15) is 0 Å². The van der Waals surface area contributed by atoms with E-state index in [-0.39, 0.29) is 5.41 Å². The molecule has 0 saturated carbocycles. The molecule has 0 aliphatic heterocycles. The lowest BCUT2D eigenvalue weighted by molar-refractivity contribution is 0.567. The number of aromatic nitrogens is 2. The van der Waals surface area contributed by atoms with E-state index in [2.05, 4.69) is 41.7 Å². The Labute approximate surface area is 120 Å². The summed E-state index contributed by atoms with van der Waals surface area (Å²) >= 11 is 5.14. The van der Waals surface area contributed by atoms with E-state index < -0.39 is 0 Å². The van der Waals surface area contributed by atoms with Gasteiger partial charge in [-0.25, -0.2) is 4.98 Å². The van der Waals surface area contributed by atoms with E-state index in [4.69, 9.17) is 10.7 Å². The van der Waals surface area contributed by atoms with Crippen LogP contribution in [0.4, 0.5) is 0 Å². The van der Waals surface area contributed by atoms with Crippen LogP contribution in [0.25, 0.3) is 10.7 Å². The summed E-state index contributed by atoms with van der Waals surface area (Å²) in [6, 6.07) is 3.87.